The molecule has 0 aliphatic heterocycles. The van der Waals surface area contributed by atoms with Crippen molar-refractivity contribution in [1.82, 2.24) is 0 Å². The molecule has 2 N–H and O–H groups in total. The normalized spacial score (nSPS) is 10.5. The first-order valence-electron chi connectivity index (χ1n) is 5.70. The van der Waals surface area contributed by atoms with Crippen LogP contribution in [-0.2, 0) is 16.1 Å². The van der Waals surface area contributed by atoms with E-state index in [0.717, 1.165) is 23.3 Å². The first-order chi connectivity index (χ1) is 8.15. The lowest BCUT2D eigenvalue weighted by molar-refractivity contribution is 0.0451. The van der Waals surface area contributed by atoms with Gasteiger partial charge in [-0.05, 0) is 31.0 Å². The number of aryl methyl sites for hydroxylation is 1. The summed E-state index contributed by atoms with van der Waals surface area (Å²) in [4.78, 5) is 0.428. The van der Waals surface area contributed by atoms with Gasteiger partial charge in [0.2, 0.25) is 0 Å². The zero-order valence-corrected chi connectivity index (χ0v) is 11.2. The molecule has 0 amide bonds. The Labute approximate surface area is 108 Å². The van der Waals surface area contributed by atoms with Gasteiger partial charge < -0.3 is 15.2 Å². The molecule has 0 aliphatic carbocycles. The lowest BCUT2D eigenvalue weighted by Gasteiger charge is -2.09. The minimum Gasteiger partial charge on any atom is -0.389 e. The number of rotatable bonds is 7. The molecule has 94 valence electrons. The van der Waals surface area contributed by atoms with Crippen LogP contribution in [0.2, 0.25) is 0 Å². The summed E-state index contributed by atoms with van der Waals surface area (Å²) in [5.41, 5.74) is 8.77. The predicted molar refractivity (Wildman–Crippen MR) is 73.2 cm³/mol. The maximum absolute atomic E-state index is 5.57. The number of benzene rings is 1. The van der Waals surface area contributed by atoms with E-state index in [-0.39, 0.29) is 0 Å². The van der Waals surface area contributed by atoms with Gasteiger partial charge in [0, 0.05) is 12.2 Å². The smallest absolute Gasteiger partial charge is 0.103 e. The van der Waals surface area contributed by atoms with Crippen LogP contribution < -0.4 is 5.73 Å². The third kappa shape index (κ3) is 4.81. The minimum atomic E-state index is 0.428. The number of hydrogen-bond donors (Lipinski definition) is 1. The SMILES string of the molecule is CCOCCOCc1ccc(C(N)=S)cc1C. The summed E-state index contributed by atoms with van der Waals surface area (Å²) in [5.74, 6) is 0. The van der Waals surface area contributed by atoms with Gasteiger partial charge in [0.25, 0.3) is 0 Å². The summed E-state index contributed by atoms with van der Waals surface area (Å²) in [6, 6.07) is 5.92. The van der Waals surface area contributed by atoms with Crippen LogP contribution in [0, 0.1) is 6.92 Å². The van der Waals surface area contributed by atoms with Gasteiger partial charge >= 0.3 is 0 Å². The molecule has 0 unspecified atom stereocenters. The minimum absolute atomic E-state index is 0.428. The van der Waals surface area contributed by atoms with E-state index in [4.69, 9.17) is 27.4 Å². The molecule has 1 aromatic carbocycles. The van der Waals surface area contributed by atoms with E-state index in [1.807, 2.05) is 32.0 Å². The Hall–Kier alpha value is -0.970. The van der Waals surface area contributed by atoms with Crippen molar-refractivity contribution in [3.05, 3.63) is 34.9 Å². The van der Waals surface area contributed by atoms with Gasteiger partial charge in [0.05, 0.1) is 19.8 Å². The van der Waals surface area contributed by atoms with Crippen LogP contribution in [0.1, 0.15) is 23.6 Å². The quantitative estimate of drug-likeness (QED) is 0.597. The van der Waals surface area contributed by atoms with Gasteiger partial charge in [-0.1, -0.05) is 24.4 Å². The second-order valence-corrected chi connectivity index (χ2v) is 4.19. The molecule has 0 aliphatic rings. The van der Waals surface area contributed by atoms with Crippen LogP contribution in [-0.4, -0.2) is 24.8 Å². The molecule has 0 radical (unpaired) electrons. The molecule has 0 atom stereocenters. The van der Waals surface area contributed by atoms with E-state index >= 15 is 0 Å². The summed E-state index contributed by atoms with van der Waals surface area (Å²) >= 11 is 4.93. The van der Waals surface area contributed by atoms with Crippen LogP contribution in [0.4, 0.5) is 0 Å². The van der Waals surface area contributed by atoms with Gasteiger partial charge in [0.15, 0.2) is 0 Å². The van der Waals surface area contributed by atoms with Gasteiger partial charge in [-0.3, -0.25) is 0 Å². The van der Waals surface area contributed by atoms with E-state index in [1.54, 1.807) is 0 Å². The molecule has 0 spiro atoms. The highest BCUT2D eigenvalue weighted by molar-refractivity contribution is 7.80. The van der Waals surface area contributed by atoms with E-state index in [1.165, 1.54) is 0 Å². The molecule has 0 aromatic heterocycles. The Bertz CT molecular complexity index is 380. The summed E-state index contributed by atoms with van der Waals surface area (Å²) in [6.07, 6.45) is 0. The Morgan fingerprint density at radius 3 is 2.59 bits per heavy atom. The van der Waals surface area contributed by atoms with Crippen LogP contribution in [0.5, 0.6) is 0 Å². The van der Waals surface area contributed by atoms with Crippen LogP contribution in [0.15, 0.2) is 18.2 Å². The van der Waals surface area contributed by atoms with Crippen LogP contribution in [0.3, 0.4) is 0 Å². The third-order valence-electron chi connectivity index (χ3n) is 2.46. The molecule has 0 fully saturated rings. The van der Waals surface area contributed by atoms with Crippen LogP contribution in [0.25, 0.3) is 0 Å². The maximum atomic E-state index is 5.57. The van der Waals surface area contributed by atoms with E-state index in [0.29, 0.717) is 24.8 Å². The third-order valence-corrected chi connectivity index (χ3v) is 2.70. The fraction of sp³-hybridized carbons (Fsp3) is 0.462. The molecule has 0 bridgehead atoms. The van der Waals surface area contributed by atoms with Gasteiger partial charge in [-0.25, -0.2) is 0 Å². The standard InChI is InChI=1S/C13H19NO2S/c1-3-15-6-7-16-9-12-5-4-11(13(14)17)8-10(12)2/h4-5,8H,3,6-7,9H2,1-2H3,(H2,14,17). The zero-order valence-electron chi connectivity index (χ0n) is 10.4. The number of ether oxygens (including phenoxy) is 2. The average molecular weight is 253 g/mol. The van der Waals surface area contributed by atoms with E-state index in [9.17, 15) is 0 Å². The highest BCUT2D eigenvalue weighted by Crippen LogP contribution is 2.12. The van der Waals surface area contributed by atoms with Crippen molar-refractivity contribution in [3.63, 3.8) is 0 Å². The number of nitrogens with two attached hydrogens (primary N) is 1. The van der Waals surface area contributed by atoms with E-state index < -0.39 is 0 Å². The molecule has 0 saturated heterocycles. The highest BCUT2D eigenvalue weighted by atomic mass is 32.1. The molecule has 0 saturated carbocycles. The highest BCUT2D eigenvalue weighted by Gasteiger charge is 2.02. The zero-order chi connectivity index (χ0) is 12.7. The summed E-state index contributed by atoms with van der Waals surface area (Å²) in [7, 11) is 0. The lowest BCUT2D eigenvalue weighted by Crippen LogP contribution is -2.10. The molecule has 1 aromatic rings. The van der Waals surface area contributed by atoms with Gasteiger partial charge in [-0.2, -0.15) is 0 Å². The Kier molecular flexibility index (Phi) is 6.11. The molecule has 1 rings (SSSR count). The first kappa shape index (κ1) is 14.1. The Balaban J connectivity index is 2.46. The molecule has 3 nitrogen and oxygen atoms in total. The fourth-order valence-corrected chi connectivity index (χ4v) is 1.58. The topological polar surface area (TPSA) is 44.5 Å². The monoisotopic (exact) mass is 253 g/mol. The van der Waals surface area contributed by atoms with E-state index in [2.05, 4.69) is 0 Å². The second-order valence-electron chi connectivity index (χ2n) is 3.76. The number of hydrogen-bond acceptors (Lipinski definition) is 3. The van der Waals surface area contributed by atoms with Crippen molar-refractivity contribution < 1.29 is 9.47 Å². The van der Waals surface area contributed by atoms with Gasteiger partial charge in [0.1, 0.15) is 4.99 Å². The number of thiocarbonyl (C=S) groups is 1. The largest absolute Gasteiger partial charge is 0.389 e. The molecular formula is C13H19NO2S. The summed E-state index contributed by atoms with van der Waals surface area (Å²) in [6.45, 7) is 6.58. The molecular weight excluding hydrogens is 234 g/mol. The summed E-state index contributed by atoms with van der Waals surface area (Å²) < 4.78 is 10.7. The summed E-state index contributed by atoms with van der Waals surface area (Å²) in [5, 5.41) is 0. The second kappa shape index (κ2) is 7.37. The first-order valence-corrected chi connectivity index (χ1v) is 6.10. The molecule has 17 heavy (non-hydrogen) atoms. The average Bonchev–Trinajstić information content (AvgIpc) is 2.30. The lowest BCUT2D eigenvalue weighted by atomic mass is 10.1. The van der Waals surface area contributed by atoms with Crippen molar-refractivity contribution in [2.75, 3.05) is 19.8 Å². The van der Waals surface area contributed by atoms with Crippen molar-refractivity contribution in [3.8, 4) is 0 Å². The Morgan fingerprint density at radius 1 is 1.29 bits per heavy atom. The van der Waals surface area contributed by atoms with Crippen LogP contribution >= 0.6 is 12.2 Å². The predicted octanol–water partition coefficient (Wildman–Crippen LogP) is 2.18. The van der Waals surface area contributed by atoms with Crippen molar-refractivity contribution in [2.24, 2.45) is 5.73 Å². The maximum Gasteiger partial charge on any atom is 0.103 e. The Morgan fingerprint density at radius 2 is 2.00 bits per heavy atom. The van der Waals surface area contributed by atoms with Gasteiger partial charge in [-0.15, -0.1) is 0 Å². The fourth-order valence-electron chi connectivity index (χ4n) is 1.46. The van der Waals surface area contributed by atoms with Crippen molar-refractivity contribution >= 4 is 17.2 Å². The van der Waals surface area contributed by atoms with Crippen molar-refractivity contribution in [1.29, 1.82) is 0 Å². The van der Waals surface area contributed by atoms with Crippen molar-refractivity contribution in [2.45, 2.75) is 20.5 Å². The molecule has 4 heteroatoms. The molecule has 0 heterocycles.